The molecule has 2 N–H and O–H groups in total. The molecule has 0 saturated carbocycles. The molecule has 0 unspecified atom stereocenters. The Morgan fingerprint density at radius 3 is 2.52 bits per heavy atom. The molecule has 0 aromatic heterocycles. The molecule has 2 aromatic carbocycles. The van der Waals surface area contributed by atoms with Gasteiger partial charge in [-0.2, -0.15) is 0 Å². The number of amides is 2. The molecule has 3 rings (SSSR count). The largest absolute Gasteiger partial charge is 0.328 e. The Morgan fingerprint density at radius 1 is 1.14 bits per heavy atom. The molecule has 1 heterocycles. The van der Waals surface area contributed by atoms with Crippen LogP contribution in [0.5, 0.6) is 0 Å². The summed E-state index contributed by atoms with van der Waals surface area (Å²) in [5.41, 5.74) is 2.74. The Hall–Kier alpha value is -2.99. The highest BCUT2D eigenvalue weighted by atomic mass is 19.1. The molecule has 0 spiro atoms. The van der Waals surface area contributed by atoms with Crippen LogP contribution in [0.25, 0.3) is 6.08 Å². The first kappa shape index (κ1) is 20.7. The van der Waals surface area contributed by atoms with E-state index in [1.165, 1.54) is 17.7 Å². The van der Waals surface area contributed by atoms with Crippen molar-refractivity contribution in [2.45, 2.75) is 13.3 Å². The second-order valence-corrected chi connectivity index (χ2v) is 7.24. The number of quaternary nitrogens is 1. The van der Waals surface area contributed by atoms with Crippen LogP contribution in [-0.4, -0.2) is 49.4 Å². The maximum Gasteiger partial charge on any atom is 0.279 e. The van der Waals surface area contributed by atoms with Gasteiger partial charge in [0.25, 0.3) is 5.91 Å². The molecule has 1 saturated heterocycles. The van der Waals surface area contributed by atoms with Gasteiger partial charge >= 0.3 is 0 Å². The third kappa shape index (κ3) is 6.26. The van der Waals surface area contributed by atoms with Crippen LogP contribution in [-0.2, 0) is 16.0 Å². The summed E-state index contributed by atoms with van der Waals surface area (Å²) in [5.74, 6) is -0.537. The van der Waals surface area contributed by atoms with Gasteiger partial charge in [-0.1, -0.05) is 37.3 Å². The third-order valence-electron chi connectivity index (χ3n) is 5.11. The molecule has 0 bridgehead atoms. The molecular weight excluding hydrogens is 369 g/mol. The number of anilines is 1. The molecule has 0 radical (unpaired) electrons. The van der Waals surface area contributed by atoms with Gasteiger partial charge in [-0.15, -0.1) is 0 Å². The van der Waals surface area contributed by atoms with E-state index in [0.717, 1.165) is 16.9 Å². The molecule has 152 valence electrons. The van der Waals surface area contributed by atoms with Crippen molar-refractivity contribution in [1.82, 2.24) is 4.90 Å². The second kappa shape index (κ2) is 9.98. The fraction of sp³-hybridized carbons (Fsp3) is 0.304. The van der Waals surface area contributed by atoms with Crippen molar-refractivity contribution in [3.8, 4) is 0 Å². The molecule has 1 fully saturated rings. The molecular formula is C23H27FN3O2+. The van der Waals surface area contributed by atoms with E-state index in [2.05, 4.69) is 24.4 Å². The Bertz CT molecular complexity index is 872. The number of rotatable bonds is 6. The highest BCUT2D eigenvalue weighted by Crippen LogP contribution is 2.09. The summed E-state index contributed by atoms with van der Waals surface area (Å²) in [6.45, 7) is 5.06. The first-order valence-electron chi connectivity index (χ1n) is 9.98. The van der Waals surface area contributed by atoms with Crippen LogP contribution in [0.2, 0.25) is 0 Å². The van der Waals surface area contributed by atoms with Crippen molar-refractivity contribution < 1.29 is 18.9 Å². The monoisotopic (exact) mass is 396 g/mol. The summed E-state index contributed by atoms with van der Waals surface area (Å²) in [7, 11) is 0. The van der Waals surface area contributed by atoms with E-state index in [0.29, 0.717) is 38.4 Å². The number of hydrogen-bond acceptors (Lipinski definition) is 2. The standard InChI is InChI=1S/C23H26FN3O2/c1-2-18-6-8-19(9-7-18)10-11-23(29)27-14-12-26(13-15-27)17-22(28)25-21-5-3-4-20(24)16-21/h3-11,16H,2,12-15,17H2,1H3,(H,25,28)/p+1/b11-10+. The van der Waals surface area contributed by atoms with Crippen LogP contribution in [0.4, 0.5) is 10.1 Å². The van der Waals surface area contributed by atoms with Gasteiger partial charge in [-0.05, 0) is 41.8 Å². The molecule has 2 amide bonds. The summed E-state index contributed by atoms with van der Waals surface area (Å²) >= 11 is 0. The number of nitrogens with one attached hydrogen (secondary N) is 2. The normalized spacial score (nSPS) is 14.9. The molecule has 0 aliphatic carbocycles. The molecule has 29 heavy (non-hydrogen) atoms. The SMILES string of the molecule is CCc1ccc(/C=C/C(=O)N2CC[NH+](CC(=O)Nc3cccc(F)c3)CC2)cc1. The van der Waals surface area contributed by atoms with Crippen molar-refractivity contribution in [2.75, 3.05) is 38.0 Å². The fourth-order valence-electron chi connectivity index (χ4n) is 3.36. The van der Waals surface area contributed by atoms with Gasteiger partial charge in [0.2, 0.25) is 5.91 Å². The van der Waals surface area contributed by atoms with Crippen molar-refractivity contribution in [3.63, 3.8) is 0 Å². The lowest BCUT2D eigenvalue weighted by Gasteiger charge is -2.31. The highest BCUT2D eigenvalue weighted by Gasteiger charge is 2.24. The molecule has 6 heteroatoms. The topological polar surface area (TPSA) is 53.9 Å². The van der Waals surface area contributed by atoms with Gasteiger partial charge in [0.15, 0.2) is 6.54 Å². The quantitative estimate of drug-likeness (QED) is 0.732. The number of aryl methyl sites for hydroxylation is 1. The van der Waals surface area contributed by atoms with Crippen LogP contribution in [0.3, 0.4) is 0 Å². The minimum absolute atomic E-state index is 0.00664. The zero-order chi connectivity index (χ0) is 20.6. The van der Waals surface area contributed by atoms with E-state index in [9.17, 15) is 14.0 Å². The second-order valence-electron chi connectivity index (χ2n) is 7.24. The number of halogens is 1. The first-order chi connectivity index (χ1) is 14.0. The number of nitrogens with zero attached hydrogens (tertiary/aromatic N) is 1. The molecule has 1 aliphatic rings. The summed E-state index contributed by atoms with van der Waals surface area (Å²) in [6, 6.07) is 14.0. The van der Waals surface area contributed by atoms with Crippen LogP contribution in [0, 0.1) is 5.82 Å². The summed E-state index contributed by atoms with van der Waals surface area (Å²) in [6.07, 6.45) is 4.45. The number of piperazine rings is 1. The minimum Gasteiger partial charge on any atom is -0.328 e. The van der Waals surface area contributed by atoms with Crippen LogP contribution < -0.4 is 10.2 Å². The number of carbonyl (C=O) groups excluding carboxylic acids is 2. The van der Waals surface area contributed by atoms with Crippen molar-refractivity contribution in [2.24, 2.45) is 0 Å². The summed E-state index contributed by atoms with van der Waals surface area (Å²) in [5, 5.41) is 2.72. The zero-order valence-corrected chi connectivity index (χ0v) is 16.7. The Morgan fingerprint density at radius 2 is 1.86 bits per heavy atom. The van der Waals surface area contributed by atoms with E-state index in [1.54, 1.807) is 18.2 Å². The highest BCUT2D eigenvalue weighted by molar-refractivity contribution is 5.92. The van der Waals surface area contributed by atoms with Crippen molar-refractivity contribution >= 4 is 23.6 Å². The Balaban J connectivity index is 1.43. The average molecular weight is 396 g/mol. The van der Waals surface area contributed by atoms with Gasteiger partial charge < -0.3 is 15.1 Å². The lowest BCUT2D eigenvalue weighted by Crippen LogP contribution is -3.15. The van der Waals surface area contributed by atoms with Gasteiger partial charge in [0, 0.05) is 11.8 Å². The molecule has 2 aromatic rings. The smallest absolute Gasteiger partial charge is 0.279 e. The van der Waals surface area contributed by atoms with Crippen molar-refractivity contribution in [1.29, 1.82) is 0 Å². The van der Waals surface area contributed by atoms with E-state index >= 15 is 0 Å². The van der Waals surface area contributed by atoms with Crippen molar-refractivity contribution in [3.05, 3.63) is 71.6 Å². The van der Waals surface area contributed by atoms with Gasteiger partial charge in [0.1, 0.15) is 5.82 Å². The molecule has 0 atom stereocenters. The zero-order valence-electron chi connectivity index (χ0n) is 16.7. The number of carbonyl (C=O) groups is 2. The minimum atomic E-state index is -0.378. The van der Waals surface area contributed by atoms with E-state index in [-0.39, 0.29) is 17.6 Å². The lowest BCUT2D eigenvalue weighted by molar-refractivity contribution is -0.895. The van der Waals surface area contributed by atoms with Gasteiger partial charge in [0.05, 0.1) is 26.2 Å². The van der Waals surface area contributed by atoms with E-state index in [1.807, 2.05) is 23.1 Å². The maximum atomic E-state index is 13.2. The van der Waals surface area contributed by atoms with Gasteiger partial charge in [-0.25, -0.2) is 4.39 Å². The lowest BCUT2D eigenvalue weighted by atomic mass is 10.1. The van der Waals surface area contributed by atoms with Gasteiger partial charge in [-0.3, -0.25) is 9.59 Å². The number of benzene rings is 2. The van der Waals surface area contributed by atoms with Crippen LogP contribution in [0.15, 0.2) is 54.6 Å². The fourth-order valence-corrected chi connectivity index (χ4v) is 3.36. The molecule has 5 nitrogen and oxygen atoms in total. The Kier molecular flexibility index (Phi) is 7.14. The predicted octanol–water partition coefficient (Wildman–Crippen LogP) is 1.77. The maximum absolute atomic E-state index is 13.2. The predicted molar refractivity (Wildman–Crippen MR) is 112 cm³/mol. The Labute approximate surface area is 170 Å². The first-order valence-corrected chi connectivity index (χ1v) is 9.98. The van der Waals surface area contributed by atoms with Crippen LogP contribution >= 0.6 is 0 Å². The van der Waals surface area contributed by atoms with E-state index < -0.39 is 0 Å². The van der Waals surface area contributed by atoms with Crippen LogP contribution in [0.1, 0.15) is 18.1 Å². The summed E-state index contributed by atoms with van der Waals surface area (Å²) in [4.78, 5) is 27.5. The third-order valence-corrected chi connectivity index (χ3v) is 5.11. The molecule has 1 aliphatic heterocycles. The summed E-state index contributed by atoms with van der Waals surface area (Å²) < 4.78 is 13.2. The number of hydrogen-bond donors (Lipinski definition) is 2. The average Bonchev–Trinajstić information content (AvgIpc) is 2.73. The van der Waals surface area contributed by atoms with E-state index in [4.69, 9.17) is 0 Å².